The minimum atomic E-state index is -0.632. The van der Waals surface area contributed by atoms with Crippen molar-refractivity contribution in [2.75, 3.05) is 6.61 Å². The van der Waals surface area contributed by atoms with Crippen LogP contribution < -0.4 is 10.1 Å². The fraction of sp³-hybridized carbons (Fsp3) is 0.417. The summed E-state index contributed by atoms with van der Waals surface area (Å²) in [4.78, 5) is 27.4. The van der Waals surface area contributed by atoms with Gasteiger partial charge < -0.3 is 15.0 Å². The molecule has 0 saturated carbocycles. The average molecular weight is 475 g/mol. The lowest BCUT2D eigenvalue weighted by Gasteiger charge is -2.31. The van der Waals surface area contributed by atoms with E-state index in [1.807, 2.05) is 77.1 Å². The lowest BCUT2D eigenvalue weighted by molar-refractivity contribution is -0.142. The Labute approximate surface area is 187 Å². The number of amides is 2. The van der Waals surface area contributed by atoms with Crippen LogP contribution in [0.15, 0.2) is 46.9 Å². The highest BCUT2D eigenvalue weighted by Gasteiger charge is 2.28. The first-order valence-electron chi connectivity index (χ1n) is 10.0. The van der Waals surface area contributed by atoms with Gasteiger partial charge in [0.2, 0.25) is 5.91 Å². The van der Waals surface area contributed by atoms with Gasteiger partial charge >= 0.3 is 0 Å². The standard InChI is InChI=1S/C24H31BrN2O3/c1-16-8-7-9-19(12-16)14-27(18(3)23(29)26-24(4,5)6)22(28)15-30-20-10-11-21(25)17(2)13-20/h7-13,18H,14-15H2,1-6H3,(H,26,29)/t18-/m1/s1. The minimum absolute atomic E-state index is 0.139. The first-order chi connectivity index (χ1) is 14.0. The molecule has 0 aliphatic carbocycles. The van der Waals surface area contributed by atoms with Gasteiger partial charge in [-0.15, -0.1) is 0 Å². The van der Waals surface area contributed by atoms with Crippen LogP contribution >= 0.6 is 15.9 Å². The first kappa shape index (κ1) is 23.9. The van der Waals surface area contributed by atoms with Crippen LogP contribution in [0.5, 0.6) is 5.75 Å². The van der Waals surface area contributed by atoms with Gasteiger partial charge in [-0.2, -0.15) is 0 Å². The molecular formula is C24H31BrN2O3. The van der Waals surface area contributed by atoms with Crippen molar-refractivity contribution in [2.24, 2.45) is 0 Å². The first-order valence-corrected chi connectivity index (χ1v) is 10.8. The highest BCUT2D eigenvalue weighted by atomic mass is 79.9. The van der Waals surface area contributed by atoms with Crippen molar-refractivity contribution >= 4 is 27.7 Å². The number of carbonyl (C=O) groups is 2. The van der Waals surface area contributed by atoms with Crippen LogP contribution in [0.3, 0.4) is 0 Å². The molecule has 0 unspecified atom stereocenters. The third kappa shape index (κ3) is 7.17. The van der Waals surface area contributed by atoms with Crippen LogP contribution in [-0.4, -0.2) is 34.9 Å². The number of carbonyl (C=O) groups excluding carboxylic acids is 2. The summed E-state index contributed by atoms with van der Waals surface area (Å²) in [7, 11) is 0. The monoisotopic (exact) mass is 474 g/mol. The highest BCUT2D eigenvalue weighted by molar-refractivity contribution is 9.10. The van der Waals surface area contributed by atoms with E-state index < -0.39 is 6.04 Å². The Hall–Kier alpha value is -2.34. The van der Waals surface area contributed by atoms with Crippen LogP contribution in [0.25, 0.3) is 0 Å². The molecule has 5 nitrogen and oxygen atoms in total. The Balaban J connectivity index is 2.18. The van der Waals surface area contributed by atoms with E-state index in [-0.39, 0.29) is 24.0 Å². The Kier molecular flexibility index (Phi) is 8.07. The smallest absolute Gasteiger partial charge is 0.261 e. The molecule has 2 rings (SSSR count). The molecule has 0 saturated heterocycles. The Morgan fingerprint density at radius 3 is 2.43 bits per heavy atom. The predicted octanol–water partition coefficient (Wildman–Crippen LogP) is 4.78. The van der Waals surface area contributed by atoms with Crippen molar-refractivity contribution in [3.63, 3.8) is 0 Å². The molecule has 0 bridgehead atoms. The van der Waals surface area contributed by atoms with Gasteiger partial charge in [-0.05, 0) is 70.9 Å². The summed E-state index contributed by atoms with van der Waals surface area (Å²) in [6.45, 7) is 11.7. The largest absolute Gasteiger partial charge is 0.484 e. The molecule has 2 amide bonds. The molecule has 0 heterocycles. The lowest BCUT2D eigenvalue weighted by atomic mass is 10.1. The van der Waals surface area contributed by atoms with Crippen molar-refractivity contribution in [3.8, 4) is 5.75 Å². The molecule has 1 N–H and O–H groups in total. The maximum Gasteiger partial charge on any atom is 0.261 e. The number of halogens is 1. The second kappa shape index (κ2) is 10.1. The normalized spacial score (nSPS) is 12.2. The van der Waals surface area contributed by atoms with E-state index in [4.69, 9.17) is 4.74 Å². The van der Waals surface area contributed by atoms with Crippen LogP contribution in [0.2, 0.25) is 0 Å². The fourth-order valence-corrected chi connectivity index (χ4v) is 3.25. The molecule has 1 atom stereocenters. The number of nitrogens with zero attached hydrogens (tertiary/aromatic N) is 1. The maximum absolute atomic E-state index is 13.1. The molecular weight excluding hydrogens is 444 g/mol. The number of ether oxygens (including phenoxy) is 1. The Morgan fingerprint density at radius 1 is 1.13 bits per heavy atom. The van der Waals surface area contributed by atoms with Crippen molar-refractivity contribution in [3.05, 3.63) is 63.6 Å². The summed E-state index contributed by atoms with van der Waals surface area (Å²) in [6, 6.07) is 12.9. The van der Waals surface area contributed by atoms with Crippen LogP contribution in [-0.2, 0) is 16.1 Å². The third-order valence-corrected chi connectivity index (χ3v) is 5.48. The Bertz CT molecular complexity index is 906. The van der Waals surface area contributed by atoms with Crippen LogP contribution in [0.4, 0.5) is 0 Å². The SMILES string of the molecule is Cc1cccc(CN(C(=O)COc2ccc(Br)c(C)c2)[C@H](C)C(=O)NC(C)(C)C)c1. The molecule has 6 heteroatoms. The van der Waals surface area contributed by atoms with Gasteiger partial charge in [0.25, 0.3) is 5.91 Å². The average Bonchev–Trinajstić information content (AvgIpc) is 2.65. The second-order valence-corrected chi connectivity index (χ2v) is 9.48. The summed E-state index contributed by atoms with van der Waals surface area (Å²) < 4.78 is 6.71. The third-order valence-electron chi connectivity index (χ3n) is 4.59. The molecule has 2 aromatic carbocycles. The molecule has 0 spiro atoms. The van der Waals surface area contributed by atoms with E-state index in [2.05, 4.69) is 21.2 Å². The van der Waals surface area contributed by atoms with E-state index in [9.17, 15) is 9.59 Å². The van der Waals surface area contributed by atoms with Crippen molar-refractivity contribution in [1.82, 2.24) is 10.2 Å². The second-order valence-electron chi connectivity index (χ2n) is 8.63. The van der Waals surface area contributed by atoms with E-state index in [1.54, 1.807) is 11.8 Å². The highest BCUT2D eigenvalue weighted by Crippen LogP contribution is 2.22. The fourth-order valence-electron chi connectivity index (χ4n) is 3.00. The summed E-state index contributed by atoms with van der Waals surface area (Å²) in [5.74, 6) is 0.183. The number of aryl methyl sites for hydroxylation is 2. The zero-order valence-electron chi connectivity index (χ0n) is 18.6. The molecule has 2 aromatic rings. The van der Waals surface area contributed by atoms with Crippen molar-refractivity contribution < 1.29 is 14.3 Å². The number of nitrogens with one attached hydrogen (secondary N) is 1. The predicted molar refractivity (Wildman–Crippen MR) is 123 cm³/mol. The van der Waals surface area contributed by atoms with Crippen molar-refractivity contribution in [1.29, 1.82) is 0 Å². The molecule has 0 aliphatic heterocycles. The summed E-state index contributed by atoms with van der Waals surface area (Å²) in [5.41, 5.74) is 2.72. The number of rotatable bonds is 7. The topological polar surface area (TPSA) is 58.6 Å². The molecule has 30 heavy (non-hydrogen) atoms. The molecule has 0 aromatic heterocycles. The van der Waals surface area contributed by atoms with E-state index in [0.717, 1.165) is 21.2 Å². The molecule has 162 valence electrons. The van der Waals surface area contributed by atoms with Gasteiger partial charge in [0.05, 0.1) is 0 Å². The quantitative estimate of drug-likeness (QED) is 0.628. The molecule has 0 aliphatic rings. The van der Waals surface area contributed by atoms with Gasteiger partial charge in [-0.25, -0.2) is 0 Å². The van der Waals surface area contributed by atoms with Crippen molar-refractivity contribution in [2.45, 2.75) is 59.7 Å². The van der Waals surface area contributed by atoms with E-state index >= 15 is 0 Å². The Morgan fingerprint density at radius 2 is 1.83 bits per heavy atom. The maximum atomic E-state index is 13.1. The number of benzene rings is 2. The minimum Gasteiger partial charge on any atom is -0.484 e. The summed E-state index contributed by atoms with van der Waals surface area (Å²) >= 11 is 3.46. The van der Waals surface area contributed by atoms with Crippen LogP contribution in [0.1, 0.15) is 44.4 Å². The summed E-state index contributed by atoms with van der Waals surface area (Å²) in [5, 5.41) is 2.96. The molecule has 0 radical (unpaired) electrons. The van der Waals surface area contributed by atoms with Gasteiger partial charge in [-0.3, -0.25) is 9.59 Å². The van der Waals surface area contributed by atoms with Gasteiger partial charge in [-0.1, -0.05) is 45.8 Å². The zero-order chi connectivity index (χ0) is 22.5. The number of hydrogen-bond donors (Lipinski definition) is 1. The number of hydrogen-bond acceptors (Lipinski definition) is 3. The lowest BCUT2D eigenvalue weighted by Crippen LogP contribution is -2.53. The van der Waals surface area contributed by atoms with Crippen LogP contribution in [0, 0.1) is 13.8 Å². The van der Waals surface area contributed by atoms with Gasteiger partial charge in [0, 0.05) is 16.6 Å². The van der Waals surface area contributed by atoms with Gasteiger partial charge in [0.15, 0.2) is 6.61 Å². The zero-order valence-corrected chi connectivity index (χ0v) is 20.2. The molecule has 0 fully saturated rings. The van der Waals surface area contributed by atoms with E-state index in [0.29, 0.717) is 12.3 Å². The van der Waals surface area contributed by atoms with Gasteiger partial charge in [0.1, 0.15) is 11.8 Å². The summed E-state index contributed by atoms with van der Waals surface area (Å²) in [6.07, 6.45) is 0. The van der Waals surface area contributed by atoms with E-state index in [1.165, 1.54) is 0 Å².